The molecule has 29 heavy (non-hydrogen) atoms. The number of phenols is 1. The van der Waals surface area contributed by atoms with E-state index >= 15 is 0 Å². The zero-order valence-electron chi connectivity index (χ0n) is 16.1. The van der Waals surface area contributed by atoms with Crippen LogP contribution >= 0.6 is 0 Å². The Morgan fingerprint density at radius 2 is 1.28 bits per heavy atom. The van der Waals surface area contributed by atoms with Crippen LogP contribution in [0.25, 0.3) is 0 Å². The molecular weight excluding hydrogens is 356 g/mol. The van der Waals surface area contributed by atoms with E-state index in [9.17, 15) is 5.11 Å². The van der Waals surface area contributed by atoms with Crippen molar-refractivity contribution in [3.05, 3.63) is 124 Å². The van der Waals surface area contributed by atoms with Crippen LogP contribution in [0.15, 0.2) is 84.9 Å². The lowest BCUT2D eigenvalue weighted by molar-refractivity contribution is 0.421. The van der Waals surface area contributed by atoms with E-state index in [0.29, 0.717) is 0 Å². The van der Waals surface area contributed by atoms with E-state index in [4.69, 9.17) is 4.74 Å². The summed E-state index contributed by atoms with van der Waals surface area (Å²) in [7, 11) is 0. The van der Waals surface area contributed by atoms with Crippen LogP contribution in [-0.2, 0) is 11.8 Å². The van der Waals surface area contributed by atoms with Gasteiger partial charge in [0.25, 0.3) is 0 Å². The van der Waals surface area contributed by atoms with Crippen LogP contribution < -0.4 is 4.74 Å². The fourth-order valence-electron chi connectivity index (χ4n) is 5.20. The lowest BCUT2D eigenvalue weighted by Crippen LogP contribution is -2.38. The molecular formula is C27H20O2. The predicted octanol–water partition coefficient (Wildman–Crippen LogP) is 6.09. The molecule has 1 aliphatic heterocycles. The molecule has 4 aromatic rings. The zero-order valence-corrected chi connectivity index (χ0v) is 16.1. The molecule has 0 saturated carbocycles. The number of hydrogen-bond acceptors (Lipinski definition) is 2. The molecule has 1 N–H and O–H groups in total. The second kappa shape index (κ2) is 5.74. The fraction of sp³-hybridized carbons (Fsp3) is 0.111. The summed E-state index contributed by atoms with van der Waals surface area (Å²) < 4.78 is 6.34. The molecule has 140 valence electrons. The second-order valence-corrected chi connectivity index (χ2v) is 8.02. The molecule has 0 fully saturated rings. The molecule has 0 amide bonds. The first-order chi connectivity index (χ1) is 14.2. The van der Waals surface area contributed by atoms with E-state index < -0.39 is 5.41 Å². The Kier molecular flexibility index (Phi) is 3.25. The van der Waals surface area contributed by atoms with Gasteiger partial charge in [-0.15, -0.1) is 0 Å². The molecule has 6 rings (SSSR count). The van der Waals surface area contributed by atoms with Gasteiger partial charge in [0.15, 0.2) is 0 Å². The molecule has 0 saturated heterocycles. The van der Waals surface area contributed by atoms with Crippen LogP contribution in [0.5, 0.6) is 17.2 Å². The maximum Gasteiger partial charge on any atom is 0.135 e. The fourth-order valence-corrected chi connectivity index (χ4v) is 5.20. The zero-order chi connectivity index (χ0) is 19.6. The highest BCUT2D eigenvalue weighted by molar-refractivity contribution is 5.73. The summed E-state index contributed by atoms with van der Waals surface area (Å²) in [6.07, 6.45) is 0.920. The lowest BCUT2D eigenvalue weighted by atomic mass is 9.58. The molecule has 1 spiro atoms. The van der Waals surface area contributed by atoms with Gasteiger partial charge < -0.3 is 9.84 Å². The van der Waals surface area contributed by atoms with E-state index in [2.05, 4.69) is 73.7 Å². The number of ether oxygens (including phenoxy) is 1. The number of hydrogen-bond donors (Lipinski definition) is 1. The minimum absolute atomic E-state index is 0.215. The minimum Gasteiger partial charge on any atom is -0.508 e. The second-order valence-electron chi connectivity index (χ2n) is 8.02. The molecule has 4 aromatic carbocycles. The Morgan fingerprint density at radius 3 is 1.97 bits per heavy atom. The van der Waals surface area contributed by atoms with Crippen LogP contribution in [0.4, 0.5) is 0 Å². The van der Waals surface area contributed by atoms with Crippen molar-refractivity contribution in [3.8, 4) is 17.2 Å². The Balaban J connectivity index is 1.84. The van der Waals surface area contributed by atoms with E-state index in [-0.39, 0.29) is 5.75 Å². The SMILES string of the molecule is Cc1ccc2c(c1)Oc1cc(O)ccc1C21c2ccccc2Cc2ccccc21. The Labute approximate surface area is 170 Å². The highest BCUT2D eigenvalue weighted by Gasteiger charge is 2.49. The van der Waals surface area contributed by atoms with Gasteiger partial charge in [0.1, 0.15) is 17.2 Å². The highest BCUT2D eigenvalue weighted by atomic mass is 16.5. The van der Waals surface area contributed by atoms with Crippen molar-refractivity contribution < 1.29 is 9.84 Å². The average Bonchev–Trinajstić information content (AvgIpc) is 2.73. The Morgan fingerprint density at radius 1 is 0.690 bits per heavy atom. The summed E-state index contributed by atoms with van der Waals surface area (Å²) in [6, 6.07) is 29.4. The minimum atomic E-state index is -0.463. The molecule has 2 heteroatoms. The maximum absolute atomic E-state index is 10.2. The smallest absolute Gasteiger partial charge is 0.135 e. The molecule has 0 atom stereocenters. The number of aromatic hydroxyl groups is 1. The van der Waals surface area contributed by atoms with Gasteiger partial charge in [-0.3, -0.25) is 0 Å². The predicted molar refractivity (Wildman–Crippen MR) is 114 cm³/mol. The molecule has 2 aliphatic rings. The van der Waals surface area contributed by atoms with Crippen LogP contribution in [0, 0.1) is 6.92 Å². The standard InChI is InChI=1S/C27H20O2/c1-17-10-12-23-25(14-17)29-26-16-20(28)11-13-24(26)27(23)21-8-4-2-6-18(21)15-19-7-3-5-9-22(19)27/h2-14,16,28H,15H2,1H3. The average molecular weight is 376 g/mol. The van der Waals surface area contributed by atoms with Gasteiger partial charge in [0.2, 0.25) is 0 Å². The number of benzene rings is 4. The summed E-state index contributed by atoms with van der Waals surface area (Å²) in [6.45, 7) is 2.08. The third-order valence-corrected chi connectivity index (χ3v) is 6.35. The van der Waals surface area contributed by atoms with Crippen LogP contribution in [0.2, 0.25) is 0 Å². The third kappa shape index (κ3) is 2.11. The highest BCUT2D eigenvalue weighted by Crippen LogP contribution is 2.58. The molecule has 0 unspecified atom stereocenters. The lowest BCUT2D eigenvalue weighted by Gasteiger charge is -2.45. The van der Waals surface area contributed by atoms with Gasteiger partial charge in [0.05, 0.1) is 5.41 Å². The maximum atomic E-state index is 10.2. The summed E-state index contributed by atoms with van der Waals surface area (Å²) in [5, 5.41) is 10.2. The van der Waals surface area contributed by atoms with Crippen molar-refractivity contribution in [3.63, 3.8) is 0 Å². The van der Waals surface area contributed by atoms with Gasteiger partial charge in [-0.25, -0.2) is 0 Å². The van der Waals surface area contributed by atoms with Gasteiger partial charge in [-0.05, 0) is 53.3 Å². The van der Waals surface area contributed by atoms with E-state index in [1.165, 1.54) is 22.3 Å². The summed E-state index contributed by atoms with van der Waals surface area (Å²) in [5.74, 6) is 1.79. The molecule has 2 nitrogen and oxygen atoms in total. The van der Waals surface area contributed by atoms with Gasteiger partial charge >= 0.3 is 0 Å². The van der Waals surface area contributed by atoms with E-state index in [1.807, 2.05) is 6.07 Å². The third-order valence-electron chi connectivity index (χ3n) is 6.35. The van der Waals surface area contributed by atoms with Crippen LogP contribution in [0.3, 0.4) is 0 Å². The number of rotatable bonds is 0. The first-order valence-corrected chi connectivity index (χ1v) is 9.97. The van der Waals surface area contributed by atoms with E-state index in [1.54, 1.807) is 12.1 Å². The summed E-state index contributed by atoms with van der Waals surface area (Å²) in [5.41, 5.74) is 8.16. The van der Waals surface area contributed by atoms with Crippen molar-refractivity contribution >= 4 is 0 Å². The van der Waals surface area contributed by atoms with Gasteiger partial charge in [0, 0.05) is 17.2 Å². The summed E-state index contributed by atoms with van der Waals surface area (Å²) >= 11 is 0. The van der Waals surface area contributed by atoms with E-state index in [0.717, 1.165) is 34.6 Å². The Hall–Kier alpha value is -3.52. The number of phenolic OH excluding ortho intramolecular Hbond substituents is 1. The number of aryl methyl sites for hydroxylation is 1. The molecule has 1 aliphatic carbocycles. The van der Waals surface area contributed by atoms with Crippen molar-refractivity contribution in [1.82, 2.24) is 0 Å². The van der Waals surface area contributed by atoms with Gasteiger partial charge in [-0.2, -0.15) is 0 Å². The van der Waals surface area contributed by atoms with Gasteiger partial charge in [-0.1, -0.05) is 66.7 Å². The van der Waals surface area contributed by atoms with Crippen molar-refractivity contribution in [2.24, 2.45) is 0 Å². The largest absolute Gasteiger partial charge is 0.508 e. The number of fused-ring (bicyclic) bond motifs is 8. The molecule has 0 bridgehead atoms. The quantitative estimate of drug-likeness (QED) is 0.347. The Bertz CT molecular complexity index is 1190. The monoisotopic (exact) mass is 376 g/mol. The first-order valence-electron chi connectivity index (χ1n) is 9.97. The van der Waals surface area contributed by atoms with Crippen LogP contribution in [0.1, 0.15) is 38.9 Å². The molecule has 0 radical (unpaired) electrons. The molecule has 0 aromatic heterocycles. The molecule has 1 heterocycles. The van der Waals surface area contributed by atoms with Crippen molar-refractivity contribution in [2.45, 2.75) is 18.8 Å². The topological polar surface area (TPSA) is 29.5 Å². The normalized spacial score (nSPS) is 14.9. The first kappa shape index (κ1) is 16.4. The van der Waals surface area contributed by atoms with Crippen molar-refractivity contribution in [1.29, 1.82) is 0 Å². The summed E-state index contributed by atoms with van der Waals surface area (Å²) in [4.78, 5) is 0. The van der Waals surface area contributed by atoms with Crippen LogP contribution in [-0.4, -0.2) is 5.11 Å². The van der Waals surface area contributed by atoms with Crippen molar-refractivity contribution in [2.75, 3.05) is 0 Å².